The maximum Gasteiger partial charge on any atom is 0.320 e. The number of esters is 5. The van der Waals surface area contributed by atoms with E-state index in [4.69, 9.17) is 23.7 Å². The lowest BCUT2D eigenvalue weighted by Gasteiger charge is -2.37. The smallest absolute Gasteiger partial charge is 0.320 e. The lowest BCUT2D eigenvalue weighted by Crippen LogP contribution is -2.53. The molecule has 2 atom stereocenters. The summed E-state index contributed by atoms with van der Waals surface area (Å²) >= 11 is 0. The van der Waals surface area contributed by atoms with Gasteiger partial charge >= 0.3 is 29.8 Å². The van der Waals surface area contributed by atoms with Crippen molar-refractivity contribution in [1.29, 1.82) is 0 Å². The largest absolute Gasteiger partial charge is 0.459 e. The third-order valence-corrected chi connectivity index (χ3v) is 6.07. The van der Waals surface area contributed by atoms with Crippen molar-refractivity contribution >= 4 is 29.8 Å². The number of carbonyl (C=O) groups is 5. The Balaban J connectivity index is 6.47. The minimum Gasteiger partial charge on any atom is -0.459 e. The van der Waals surface area contributed by atoms with E-state index in [1.807, 2.05) is 18.7 Å². The fourth-order valence-corrected chi connectivity index (χ4v) is 4.63. The molecule has 0 aromatic heterocycles. The van der Waals surface area contributed by atoms with Crippen molar-refractivity contribution in [2.75, 3.05) is 45.8 Å². The SMILES string of the molecule is C[C@@H](CN(CC(=O)OC(C)(C)C)C[C@H](C)N(CC(=O)OC(C)(C)C)CC(=O)OC(C)(C)C)N(CC(=O)OC(C)(C)C)CC(=O)OC(C)(C)C. The molecule has 286 valence electrons. The van der Waals surface area contributed by atoms with Gasteiger partial charge in [-0.3, -0.25) is 38.7 Å². The molecule has 0 saturated carbocycles. The van der Waals surface area contributed by atoms with E-state index < -0.39 is 69.9 Å². The van der Waals surface area contributed by atoms with E-state index in [9.17, 15) is 24.0 Å². The van der Waals surface area contributed by atoms with Gasteiger partial charge in [-0.1, -0.05) is 0 Å². The Bertz CT molecular complexity index is 973. The minimum atomic E-state index is -0.737. The first-order valence-electron chi connectivity index (χ1n) is 17.0. The quantitative estimate of drug-likeness (QED) is 0.166. The van der Waals surface area contributed by atoms with E-state index in [1.165, 1.54) is 0 Å². The number of hydrogen-bond acceptors (Lipinski definition) is 13. The van der Waals surface area contributed by atoms with Crippen LogP contribution in [0.4, 0.5) is 0 Å². The van der Waals surface area contributed by atoms with Gasteiger partial charge in [-0.25, -0.2) is 0 Å². The molecule has 0 radical (unpaired) electrons. The summed E-state index contributed by atoms with van der Waals surface area (Å²) in [5.74, 6) is -2.55. The summed E-state index contributed by atoms with van der Waals surface area (Å²) in [7, 11) is 0. The zero-order valence-electron chi connectivity index (χ0n) is 33.5. The molecule has 0 unspecified atom stereocenters. The van der Waals surface area contributed by atoms with Crippen LogP contribution in [-0.4, -0.2) is 130 Å². The van der Waals surface area contributed by atoms with Crippen LogP contribution in [0.2, 0.25) is 0 Å². The van der Waals surface area contributed by atoms with E-state index in [0.29, 0.717) is 0 Å². The van der Waals surface area contributed by atoms with E-state index in [-0.39, 0.29) is 45.8 Å². The van der Waals surface area contributed by atoms with E-state index in [0.717, 1.165) is 0 Å². The molecule has 0 saturated heterocycles. The van der Waals surface area contributed by atoms with Gasteiger partial charge in [-0.05, 0) is 118 Å². The zero-order valence-corrected chi connectivity index (χ0v) is 33.5. The molecule has 0 N–H and O–H groups in total. The average molecular weight is 702 g/mol. The summed E-state index contributed by atoms with van der Waals surface area (Å²) in [6, 6.07) is -0.917. The maximum absolute atomic E-state index is 13.1. The first-order chi connectivity index (χ1) is 21.7. The molecule has 0 spiro atoms. The van der Waals surface area contributed by atoms with Crippen molar-refractivity contribution in [3.05, 3.63) is 0 Å². The van der Waals surface area contributed by atoms with Crippen LogP contribution in [0.3, 0.4) is 0 Å². The van der Waals surface area contributed by atoms with Gasteiger partial charge in [0.15, 0.2) is 0 Å². The molecule has 13 heteroatoms. The molecule has 0 aliphatic heterocycles. The van der Waals surface area contributed by atoms with Crippen LogP contribution in [0.25, 0.3) is 0 Å². The highest BCUT2D eigenvalue weighted by molar-refractivity contribution is 5.76. The first kappa shape index (κ1) is 46.2. The van der Waals surface area contributed by atoms with Crippen molar-refractivity contribution < 1.29 is 47.7 Å². The monoisotopic (exact) mass is 701 g/mol. The van der Waals surface area contributed by atoms with Crippen molar-refractivity contribution in [2.45, 2.75) is 158 Å². The van der Waals surface area contributed by atoms with Gasteiger partial charge in [0, 0.05) is 25.2 Å². The Kier molecular flexibility index (Phi) is 17.4. The number of ether oxygens (including phenoxy) is 5. The molecule has 0 bridgehead atoms. The highest BCUT2D eigenvalue weighted by atomic mass is 16.6. The van der Waals surface area contributed by atoms with E-state index >= 15 is 0 Å². The Hall–Kier alpha value is -2.77. The summed E-state index contributed by atoms with van der Waals surface area (Å²) in [5.41, 5.74) is -3.67. The molecular weight excluding hydrogens is 634 g/mol. The summed E-state index contributed by atoms with van der Waals surface area (Å²) in [6.07, 6.45) is 0. The first-order valence-corrected chi connectivity index (χ1v) is 17.0. The summed E-state index contributed by atoms with van der Waals surface area (Å²) in [4.78, 5) is 70.0. The highest BCUT2D eigenvalue weighted by Gasteiger charge is 2.32. The van der Waals surface area contributed by atoms with Crippen molar-refractivity contribution in [3.8, 4) is 0 Å². The third-order valence-electron chi connectivity index (χ3n) is 6.07. The Labute approximate surface area is 295 Å². The summed E-state index contributed by atoms with van der Waals surface area (Å²) in [5, 5.41) is 0. The molecule has 0 aliphatic rings. The van der Waals surface area contributed by atoms with Crippen LogP contribution >= 0.6 is 0 Å². The van der Waals surface area contributed by atoms with Gasteiger partial charge in [-0.15, -0.1) is 0 Å². The molecule has 0 rings (SSSR count). The van der Waals surface area contributed by atoms with Crippen molar-refractivity contribution in [3.63, 3.8) is 0 Å². The van der Waals surface area contributed by atoms with Crippen molar-refractivity contribution in [1.82, 2.24) is 14.7 Å². The van der Waals surface area contributed by atoms with Crippen LogP contribution in [0.1, 0.15) is 118 Å². The topological polar surface area (TPSA) is 141 Å². The van der Waals surface area contributed by atoms with Crippen LogP contribution in [0.15, 0.2) is 0 Å². The number of hydrogen-bond donors (Lipinski definition) is 0. The Morgan fingerprint density at radius 1 is 0.388 bits per heavy atom. The molecule has 0 aromatic rings. The number of rotatable bonds is 16. The van der Waals surface area contributed by atoms with E-state index in [2.05, 4.69) is 0 Å². The van der Waals surface area contributed by atoms with Crippen molar-refractivity contribution in [2.24, 2.45) is 0 Å². The fourth-order valence-electron chi connectivity index (χ4n) is 4.63. The highest BCUT2D eigenvalue weighted by Crippen LogP contribution is 2.16. The molecule has 0 fully saturated rings. The Morgan fingerprint density at radius 2 is 0.571 bits per heavy atom. The lowest BCUT2D eigenvalue weighted by molar-refractivity contribution is -0.162. The second-order valence-electron chi connectivity index (χ2n) is 17.6. The average Bonchev–Trinajstić information content (AvgIpc) is 2.76. The van der Waals surface area contributed by atoms with Crippen LogP contribution in [-0.2, 0) is 47.7 Å². The Morgan fingerprint density at radius 3 is 0.755 bits per heavy atom. The van der Waals surface area contributed by atoms with Gasteiger partial charge in [0.2, 0.25) is 0 Å². The predicted octanol–water partition coefficient (Wildman–Crippen LogP) is 4.38. The van der Waals surface area contributed by atoms with Crippen LogP contribution in [0, 0.1) is 0 Å². The minimum absolute atomic E-state index is 0.134. The van der Waals surface area contributed by atoms with Gasteiger partial charge < -0.3 is 23.7 Å². The second kappa shape index (κ2) is 18.5. The standard InChI is InChI=1S/C36H67N3O10/c1-25(38(21-28(41)46-33(6,7)8)22-29(42)47-34(9,10)11)18-37(20-27(40)45-32(3,4)5)19-26(2)39(23-30(43)48-35(12,13)14)24-31(44)49-36(15,16)17/h25-26H,18-24H2,1-17H3/t25-,26-/m0/s1. The van der Waals surface area contributed by atoms with Crippen LogP contribution < -0.4 is 0 Å². The van der Waals surface area contributed by atoms with Gasteiger partial charge in [0.05, 0.1) is 32.7 Å². The molecule has 0 amide bonds. The third kappa shape index (κ3) is 24.9. The summed E-state index contributed by atoms with van der Waals surface area (Å²) in [6.45, 7) is 29.6. The molecular formula is C36H67N3O10. The van der Waals surface area contributed by atoms with Gasteiger partial charge in [0.25, 0.3) is 0 Å². The van der Waals surface area contributed by atoms with E-state index in [1.54, 1.807) is 114 Å². The predicted molar refractivity (Wildman–Crippen MR) is 188 cm³/mol. The molecule has 0 aromatic carbocycles. The molecule has 13 nitrogen and oxygen atoms in total. The number of carbonyl (C=O) groups excluding carboxylic acids is 5. The molecule has 0 aliphatic carbocycles. The summed E-state index contributed by atoms with van der Waals surface area (Å²) < 4.78 is 27.8. The molecule has 0 heterocycles. The fraction of sp³-hybridized carbons (Fsp3) is 0.861. The normalized spacial score (nSPS) is 14.4. The lowest BCUT2D eigenvalue weighted by atomic mass is 10.1. The van der Waals surface area contributed by atoms with Gasteiger partial charge in [-0.2, -0.15) is 0 Å². The maximum atomic E-state index is 13.1. The van der Waals surface area contributed by atoms with Crippen LogP contribution in [0.5, 0.6) is 0 Å². The van der Waals surface area contributed by atoms with Gasteiger partial charge in [0.1, 0.15) is 28.0 Å². The number of nitrogens with zero attached hydrogens (tertiary/aromatic N) is 3. The molecule has 49 heavy (non-hydrogen) atoms. The second-order valence-corrected chi connectivity index (χ2v) is 17.6. The zero-order chi connectivity index (χ0) is 38.8.